The molecule has 4 heteroatoms. The molecule has 0 heterocycles. The molecule has 1 unspecified atom stereocenters. The van der Waals surface area contributed by atoms with Crippen molar-refractivity contribution in [3.63, 3.8) is 0 Å². The smallest absolute Gasteiger partial charge is 0.232 e. The first kappa shape index (κ1) is 13.8. The van der Waals surface area contributed by atoms with Gasteiger partial charge in [0, 0.05) is 10.0 Å². The molecule has 0 amide bonds. The van der Waals surface area contributed by atoms with Crippen molar-refractivity contribution >= 4 is 40.0 Å². The van der Waals surface area contributed by atoms with E-state index in [1.807, 2.05) is 13.8 Å². The summed E-state index contributed by atoms with van der Waals surface area (Å²) in [5.74, 6) is 0.0520. The van der Waals surface area contributed by atoms with Crippen molar-refractivity contribution in [1.29, 1.82) is 0 Å². The summed E-state index contributed by atoms with van der Waals surface area (Å²) in [6.07, 6.45) is 0. The van der Waals surface area contributed by atoms with Gasteiger partial charge in [-0.25, -0.2) is 0 Å². The molecule has 0 aliphatic heterocycles. The molecule has 1 aromatic rings. The highest BCUT2D eigenvalue weighted by Crippen LogP contribution is 2.39. The van der Waals surface area contributed by atoms with Gasteiger partial charge in [-0.1, -0.05) is 43.1 Å². The van der Waals surface area contributed by atoms with Gasteiger partial charge in [0.2, 0.25) is 5.24 Å². The Kier molecular flexibility index (Phi) is 4.28. The number of benzene rings is 1. The van der Waals surface area contributed by atoms with Gasteiger partial charge in [-0.3, -0.25) is 4.79 Å². The van der Waals surface area contributed by atoms with E-state index in [4.69, 9.17) is 34.8 Å². The van der Waals surface area contributed by atoms with Crippen molar-refractivity contribution in [2.75, 3.05) is 0 Å². The summed E-state index contributed by atoms with van der Waals surface area (Å²) in [4.78, 5) is 11.6. The third-order valence-electron chi connectivity index (χ3n) is 3.05. The van der Waals surface area contributed by atoms with Gasteiger partial charge in [-0.05, 0) is 42.1 Å². The quantitative estimate of drug-likeness (QED) is 0.735. The zero-order valence-corrected chi connectivity index (χ0v) is 11.6. The van der Waals surface area contributed by atoms with Crippen LogP contribution in [-0.2, 0) is 10.2 Å². The van der Waals surface area contributed by atoms with Crippen LogP contribution in [0.25, 0.3) is 0 Å². The van der Waals surface area contributed by atoms with Crippen molar-refractivity contribution in [3.05, 3.63) is 33.8 Å². The Morgan fingerprint density at radius 2 is 1.88 bits per heavy atom. The molecule has 1 aromatic carbocycles. The van der Waals surface area contributed by atoms with E-state index < -0.39 is 10.7 Å². The van der Waals surface area contributed by atoms with Crippen molar-refractivity contribution in [2.24, 2.45) is 5.92 Å². The third kappa shape index (κ3) is 2.37. The molecule has 0 aliphatic rings. The summed E-state index contributed by atoms with van der Waals surface area (Å²) >= 11 is 17.6. The van der Waals surface area contributed by atoms with Crippen molar-refractivity contribution < 1.29 is 4.79 Å². The largest absolute Gasteiger partial charge is 0.280 e. The minimum absolute atomic E-state index is 0.0520. The van der Waals surface area contributed by atoms with E-state index in [9.17, 15) is 4.79 Å². The average molecular weight is 280 g/mol. The van der Waals surface area contributed by atoms with Gasteiger partial charge in [0.15, 0.2) is 0 Å². The number of carbonyl (C=O) groups is 1. The Balaban J connectivity index is 3.38. The highest BCUT2D eigenvalue weighted by molar-refractivity contribution is 6.65. The van der Waals surface area contributed by atoms with Crippen LogP contribution in [0.4, 0.5) is 0 Å². The maximum Gasteiger partial charge on any atom is 0.232 e. The van der Waals surface area contributed by atoms with Crippen molar-refractivity contribution in [3.8, 4) is 0 Å². The fourth-order valence-electron chi connectivity index (χ4n) is 1.55. The van der Waals surface area contributed by atoms with Crippen LogP contribution < -0.4 is 0 Å². The number of carbonyl (C=O) groups excluding carboxylic acids is 1. The summed E-state index contributed by atoms with van der Waals surface area (Å²) in [7, 11) is 0. The molecule has 1 atom stereocenters. The summed E-state index contributed by atoms with van der Waals surface area (Å²) < 4.78 is 0. The lowest BCUT2D eigenvalue weighted by atomic mass is 9.74. The lowest BCUT2D eigenvalue weighted by Gasteiger charge is -2.31. The van der Waals surface area contributed by atoms with Crippen LogP contribution in [0.15, 0.2) is 18.2 Å². The first-order valence-electron chi connectivity index (χ1n) is 4.95. The Morgan fingerprint density at radius 1 is 1.31 bits per heavy atom. The molecule has 0 spiro atoms. The van der Waals surface area contributed by atoms with Gasteiger partial charge in [0.1, 0.15) is 0 Å². The van der Waals surface area contributed by atoms with E-state index in [0.717, 1.165) is 0 Å². The molecular weight excluding hydrogens is 266 g/mol. The minimum Gasteiger partial charge on any atom is -0.280 e. The first-order chi connectivity index (χ1) is 7.30. The number of hydrogen-bond acceptors (Lipinski definition) is 1. The van der Waals surface area contributed by atoms with Crippen LogP contribution in [0.5, 0.6) is 0 Å². The molecule has 0 saturated carbocycles. The molecule has 1 nitrogen and oxygen atoms in total. The zero-order valence-electron chi connectivity index (χ0n) is 9.35. The number of hydrogen-bond donors (Lipinski definition) is 0. The van der Waals surface area contributed by atoms with Gasteiger partial charge >= 0.3 is 0 Å². The average Bonchev–Trinajstić information content (AvgIpc) is 2.15. The lowest BCUT2D eigenvalue weighted by Crippen LogP contribution is -2.35. The number of halogens is 3. The predicted octanol–water partition coefficient (Wildman–Crippen LogP) is 4.67. The van der Waals surface area contributed by atoms with Gasteiger partial charge in [0.05, 0.1) is 5.41 Å². The molecular formula is C12H13Cl3O. The summed E-state index contributed by atoms with van der Waals surface area (Å²) in [6, 6.07) is 5.09. The van der Waals surface area contributed by atoms with E-state index >= 15 is 0 Å². The van der Waals surface area contributed by atoms with E-state index in [1.54, 1.807) is 25.1 Å². The van der Waals surface area contributed by atoms with Crippen molar-refractivity contribution in [1.82, 2.24) is 0 Å². The second-order valence-corrected chi connectivity index (χ2v) is 5.44. The molecule has 0 fully saturated rings. The van der Waals surface area contributed by atoms with E-state index in [0.29, 0.717) is 15.6 Å². The standard InChI is InChI=1S/C12H13Cl3O/c1-7(2)12(3,11(15)16)9-5-4-8(13)6-10(9)14/h4-7H,1-3H3. The topological polar surface area (TPSA) is 17.1 Å². The zero-order chi connectivity index (χ0) is 12.5. The SMILES string of the molecule is CC(C)C(C)(C(=O)Cl)c1ccc(Cl)cc1Cl. The normalized spacial score (nSPS) is 14.9. The van der Waals surface area contributed by atoms with Crippen LogP contribution in [0.2, 0.25) is 10.0 Å². The van der Waals surface area contributed by atoms with Gasteiger partial charge in [-0.2, -0.15) is 0 Å². The van der Waals surface area contributed by atoms with Gasteiger partial charge in [0.25, 0.3) is 0 Å². The fourth-order valence-corrected chi connectivity index (χ4v) is 2.48. The first-order valence-corrected chi connectivity index (χ1v) is 6.09. The predicted molar refractivity (Wildman–Crippen MR) is 69.5 cm³/mol. The molecule has 1 rings (SSSR count). The molecule has 88 valence electrons. The summed E-state index contributed by atoms with van der Waals surface area (Å²) in [5.41, 5.74) is -0.0722. The summed E-state index contributed by atoms with van der Waals surface area (Å²) in [5, 5.41) is 0.603. The Labute approximate surface area is 111 Å². The highest BCUT2D eigenvalue weighted by Gasteiger charge is 2.38. The molecule has 0 saturated heterocycles. The van der Waals surface area contributed by atoms with Crippen LogP contribution in [-0.4, -0.2) is 5.24 Å². The fraction of sp³-hybridized carbons (Fsp3) is 0.417. The van der Waals surface area contributed by atoms with Gasteiger partial charge < -0.3 is 0 Å². The molecule has 0 bridgehead atoms. The Morgan fingerprint density at radius 3 is 2.25 bits per heavy atom. The maximum atomic E-state index is 11.6. The number of rotatable bonds is 3. The minimum atomic E-state index is -0.788. The van der Waals surface area contributed by atoms with Crippen LogP contribution in [0.3, 0.4) is 0 Å². The maximum absolute atomic E-state index is 11.6. The second-order valence-electron chi connectivity index (χ2n) is 4.25. The molecule has 0 radical (unpaired) electrons. The van der Waals surface area contributed by atoms with Gasteiger partial charge in [-0.15, -0.1) is 0 Å². The van der Waals surface area contributed by atoms with E-state index in [-0.39, 0.29) is 5.92 Å². The highest BCUT2D eigenvalue weighted by atomic mass is 35.5. The lowest BCUT2D eigenvalue weighted by molar-refractivity contribution is -0.117. The van der Waals surface area contributed by atoms with Crippen LogP contribution in [0.1, 0.15) is 26.3 Å². The molecule has 0 aromatic heterocycles. The Hall–Kier alpha value is -0.240. The van der Waals surface area contributed by atoms with E-state index in [1.165, 1.54) is 0 Å². The molecule has 16 heavy (non-hydrogen) atoms. The van der Waals surface area contributed by atoms with Crippen molar-refractivity contribution in [2.45, 2.75) is 26.2 Å². The van der Waals surface area contributed by atoms with Crippen LogP contribution in [0, 0.1) is 5.92 Å². The third-order valence-corrected chi connectivity index (χ3v) is 3.99. The van der Waals surface area contributed by atoms with E-state index in [2.05, 4.69) is 0 Å². The monoisotopic (exact) mass is 278 g/mol. The Bertz CT molecular complexity index is 415. The summed E-state index contributed by atoms with van der Waals surface area (Å²) in [6.45, 7) is 5.67. The van der Waals surface area contributed by atoms with Crippen LogP contribution >= 0.6 is 34.8 Å². The molecule has 0 aliphatic carbocycles. The second kappa shape index (κ2) is 4.95. The molecule has 0 N–H and O–H groups in total.